The Balaban J connectivity index is 1.55. The van der Waals surface area contributed by atoms with E-state index in [-0.39, 0.29) is 4.90 Å². The molecule has 0 radical (unpaired) electrons. The van der Waals surface area contributed by atoms with Crippen LogP contribution in [0.15, 0.2) is 65.7 Å². The fourth-order valence-corrected chi connectivity index (χ4v) is 4.16. The maximum atomic E-state index is 12.7. The van der Waals surface area contributed by atoms with Crippen molar-refractivity contribution in [1.29, 1.82) is 0 Å². The van der Waals surface area contributed by atoms with Crippen LogP contribution in [-0.2, 0) is 10.0 Å². The summed E-state index contributed by atoms with van der Waals surface area (Å²) in [5, 5.41) is 4.20. The topological polar surface area (TPSA) is 74.3 Å². The number of nitrogens with zero attached hydrogens (tertiary/aromatic N) is 2. The second-order valence-electron chi connectivity index (χ2n) is 6.25. The highest BCUT2D eigenvalue weighted by atomic mass is 32.2. The fourth-order valence-electron chi connectivity index (χ4n) is 3.11. The average Bonchev–Trinajstić information content (AvgIpc) is 2.68. The van der Waals surface area contributed by atoms with E-state index in [0.29, 0.717) is 5.69 Å². The zero-order chi connectivity index (χ0) is 18.0. The van der Waals surface area contributed by atoms with E-state index in [1.54, 1.807) is 36.5 Å². The maximum Gasteiger partial charge on any atom is 0.261 e. The number of benzene rings is 2. The second-order valence-corrected chi connectivity index (χ2v) is 7.93. The molecule has 1 fully saturated rings. The van der Waals surface area contributed by atoms with E-state index >= 15 is 0 Å². The van der Waals surface area contributed by atoms with E-state index in [9.17, 15) is 8.42 Å². The molecule has 6 nitrogen and oxygen atoms in total. The number of sulfonamides is 1. The Labute approximate surface area is 152 Å². The van der Waals surface area contributed by atoms with Crippen LogP contribution in [0.3, 0.4) is 0 Å². The van der Waals surface area contributed by atoms with Crippen molar-refractivity contribution in [3.05, 3.63) is 60.8 Å². The Kier molecular flexibility index (Phi) is 4.48. The third-order valence-corrected chi connectivity index (χ3v) is 5.88. The largest absolute Gasteiger partial charge is 0.369 e. The average molecular weight is 368 g/mol. The first-order valence-electron chi connectivity index (χ1n) is 8.55. The van der Waals surface area contributed by atoms with Crippen LogP contribution in [0, 0.1) is 0 Å². The molecule has 0 bridgehead atoms. The predicted octanol–water partition coefficient (Wildman–Crippen LogP) is 2.45. The van der Waals surface area contributed by atoms with Gasteiger partial charge in [-0.05, 0) is 48.5 Å². The molecule has 1 aliphatic heterocycles. The lowest BCUT2D eigenvalue weighted by molar-refractivity contribution is 0.589. The molecule has 3 aromatic rings. The highest BCUT2D eigenvalue weighted by molar-refractivity contribution is 7.92. The number of fused-ring (bicyclic) bond motifs is 1. The van der Waals surface area contributed by atoms with Crippen LogP contribution in [0.25, 0.3) is 10.9 Å². The second kappa shape index (κ2) is 6.93. The molecule has 1 saturated heterocycles. The van der Waals surface area contributed by atoms with E-state index in [4.69, 9.17) is 0 Å². The number of anilines is 2. The smallest absolute Gasteiger partial charge is 0.261 e. The van der Waals surface area contributed by atoms with Gasteiger partial charge in [0.2, 0.25) is 0 Å². The van der Waals surface area contributed by atoms with Gasteiger partial charge in [-0.1, -0.05) is 6.07 Å². The molecule has 0 amide bonds. The van der Waals surface area contributed by atoms with E-state index < -0.39 is 10.0 Å². The molecule has 0 unspecified atom stereocenters. The monoisotopic (exact) mass is 368 g/mol. The van der Waals surface area contributed by atoms with Gasteiger partial charge in [-0.15, -0.1) is 0 Å². The van der Waals surface area contributed by atoms with Crippen molar-refractivity contribution in [2.75, 3.05) is 35.8 Å². The lowest BCUT2D eigenvalue weighted by Gasteiger charge is -2.29. The van der Waals surface area contributed by atoms with Crippen molar-refractivity contribution in [3.63, 3.8) is 0 Å². The Bertz CT molecular complexity index is 1010. The van der Waals surface area contributed by atoms with Gasteiger partial charge in [0.05, 0.1) is 10.4 Å². The van der Waals surface area contributed by atoms with Crippen LogP contribution in [0.2, 0.25) is 0 Å². The summed E-state index contributed by atoms with van der Waals surface area (Å²) in [6.07, 6.45) is 1.71. The summed E-state index contributed by atoms with van der Waals surface area (Å²) in [5.74, 6) is 0. The standard InChI is InChI=1S/C19H20N4O2S/c24-26(25,22-16-3-8-19-15(14-16)2-1-9-21-19)18-6-4-17(5-7-18)23-12-10-20-11-13-23/h1-9,14,20,22H,10-13H2. The third-order valence-electron chi connectivity index (χ3n) is 4.48. The summed E-state index contributed by atoms with van der Waals surface area (Å²) >= 11 is 0. The molecular formula is C19H20N4O2S. The Morgan fingerprint density at radius 2 is 1.77 bits per heavy atom. The number of pyridine rings is 1. The summed E-state index contributed by atoms with van der Waals surface area (Å²) < 4.78 is 28.0. The normalized spacial score (nSPS) is 15.2. The number of rotatable bonds is 4. The molecule has 7 heteroatoms. The summed E-state index contributed by atoms with van der Waals surface area (Å²) in [7, 11) is -3.63. The summed E-state index contributed by atoms with van der Waals surface area (Å²) in [6, 6.07) is 16.1. The molecule has 0 aliphatic carbocycles. The van der Waals surface area contributed by atoms with E-state index in [2.05, 4.69) is 19.9 Å². The van der Waals surface area contributed by atoms with Crippen molar-refractivity contribution in [3.8, 4) is 0 Å². The van der Waals surface area contributed by atoms with Crippen molar-refractivity contribution >= 4 is 32.3 Å². The van der Waals surface area contributed by atoms with Gasteiger partial charge in [-0.25, -0.2) is 8.42 Å². The first kappa shape index (κ1) is 16.8. The van der Waals surface area contributed by atoms with Crippen molar-refractivity contribution < 1.29 is 8.42 Å². The summed E-state index contributed by atoms with van der Waals surface area (Å²) in [4.78, 5) is 6.74. The van der Waals surface area contributed by atoms with Crippen molar-refractivity contribution in [1.82, 2.24) is 10.3 Å². The highest BCUT2D eigenvalue weighted by Gasteiger charge is 2.16. The molecule has 0 atom stereocenters. The molecule has 2 aromatic carbocycles. The van der Waals surface area contributed by atoms with Gasteiger partial charge in [0.1, 0.15) is 0 Å². The lowest BCUT2D eigenvalue weighted by atomic mass is 10.2. The van der Waals surface area contributed by atoms with Crippen LogP contribution in [0.1, 0.15) is 0 Å². The Morgan fingerprint density at radius 3 is 2.54 bits per heavy atom. The summed E-state index contributed by atoms with van der Waals surface area (Å²) in [6.45, 7) is 3.74. The molecule has 0 saturated carbocycles. The first-order chi connectivity index (χ1) is 12.6. The van der Waals surface area contributed by atoms with Gasteiger partial charge in [0, 0.05) is 49.1 Å². The molecular weight excluding hydrogens is 348 g/mol. The number of nitrogens with one attached hydrogen (secondary N) is 2. The molecule has 2 N–H and O–H groups in total. The number of hydrogen-bond donors (Lipinski definition) is 2. The molecule has 1 aliphatic rings. The number of aromatic nitrogens is 1. The first-order valence-corrected chi connectivity index (χ1v) is 10.0. The van der Waals surface area contributed by atoms with Crippen LogP contribution >= 0.6 is 0 Å². The zero-order valence-corrected chi connectivity index (χ0v) is 15.0. The maximum absolute atomic E-state index is 12.7. The van der Waals surface area contributed by atoms with Crippen molar-refractivity contribution in [2.24, 2.45) is 0 Å². The predicted molar refractivity (Wildman–Crippen MR) is 104 cm³/mol. The van der Waals surface area contributed by atoms with Gasteiger partial charge >= 0.3 is 0 Å². The van der Waals surface area contributed by atoms with Gasteiger partial charge in [-0.2, -0.15) is 0 Å². The summed E-state index contributed by atoms with van der Waals surface area (Å²) in [5.41, 5.74) is 2.40. The molecule has 1 aromatic heterocycles. The lowest BCUT2D eigenvalue weighted by Crippen LogP contribution is -2.43. The van der Waals surface area contributed by atoms with Crippen LogP contribution in [0.5, 0.6) is 0 Å². The van der Waals surface area contributed by atoms with Crippen LogP contribution in [-0.4, -0.2) is 39.6 Å². The van der Waals surface area contributed by atoms with Gasteiger partial charge in [-0.3, -0.25) is 9.71 Å². The zero-order valence-electron chi connectivity index (χ0n) is 14.2. The molecule has 0 spiro atoms. The minimum absolute atomic E-state index is 0.252. The quantitative estimate of drug-likeness (QED) is 0.740. The van der Waals surface area contributed by atoms with E-state index in [0.717, 1.165) is 42.8 Å². The SMILES string of the molecule is O=S(=O)(Nc1ccc2ncccc2c1)c1ccc(N2CCNCC2)cc1. The Hall–Kier alpha value is -2.64. The highest BCUT2D eigenvalue weighted by Crippen LogP contribution is 2.22. The fraction of sp³-hybridized carbons (Fsp3) is 0.211. The number of hydrogen-bond acceptors (Lipinski definition) is 5. The molecule has 2 heterocycles. The van der Waals surface area contributed by atoms with Crippen LogP contribution in [0.4, 0.5) is 11.4 Å². The van der Waals surface area contributed by atoms with E-state index in [1.807, 2.05) is 24.3 Å². The number of piperazine rings is 1. The minimum atomic E-state index is -3.63. The molecule has 134 valence electrons. The Morgan fingerprint density at radius 1 is 1.00 bits per heavy atom. The van der Waals surface area contributed by atoms with Gasteiger partial charge in [0.25, 0.3) is 10.0 Å². The van der Waals surface area contributed by atoms with Gasteiger partial charge in [0.15, 0.2) is 0 Å². The van der Waals surface area contributed by atoms with Gasteiger partial charge < -0.3 is 10.2 Å². The van der Waals surface area contributed by atoms with E-state index in [1.165, 1.54) is 0 Å². The minimum Gasteiger partial charge on any atom is -0.369 e. The third kappa shape index (κ3) is 3.49. The molecule has 4 rings (SSSR count). The van der Waals surface area contributed by atoms with Crippen LogP contribution < -0.4 is 14.9 Å². The van der Waals surface area contributed by atoms with Crippen molar-refractivity contribution in [2.45, 2.75) is 4.90 Å². The molecule has 26 heavy (non-hydrogen) atoms.